The summed E-state index contributed by atoms with van der Waals surface area (Å²) in [5, 5.41) is 0. The highest BCUT2D eigenvalue weighted by Crippen LogP contribution is 2.30. The average molecular weight is 322 g/mol. The van der Waals surface area contributed by atoms with Gasteiger partial charge in [-0.25, -0.2) is 0 Å². The molecule has 0 heterocycles. The average Bonchev–Trinajstić information content (AvgIpc) is 2.62. The Bertz CT molecular complexity index is 749. The van der Waals surface area contributed by atoms with Gasteiger partial charge in [-0.05, 0) is 36.4 Å². The van der Waals surface area contributed by atoms with Crippen LogP contribution in [0.25, 0.3) is 0 Å². The van der Waals surface area contributed by atoms with Crippen molar-refractivity contribution in [2.24, 2.45) is 0 Å². The van der Waals surface area contributed by atoms with E-state index in [1.807, 2.05) is 72.8 Å². The molecule has 4 nitrogen and oxygen atoms in total. The molecule has 0 saturated carbocycles. The van der Waals surface area contributed by atoms with Crippen LogP contribution in [0.3, 0.4) is 0 Å². The maximum absolute atomic E-state index is 5.86. The molecule has 0 aliphatic heterocycles. The normalized spacial score (nSPS) is 10.1. The molecular formula is C20H18O4. The minimum Gasteiger partial charge on any atom is -0.497 e. The second kappa shape index (κ2) is 7.42. The molecule has 0 bridgehead atoms. The van der Waals surface area contributed by atoms with E-state index in [9.17, 15) is 0 Å². The fourth-order valence-corrected chi connectivity index (χ4v) is 2.20. The molecule has 0 saturated heterocycles. The maximum Gasteiger partial charge on any atom is 0.131 e. The van der Waals surface area contributed by atoms with Crippen LogP contribution in [-0.4, -0.2) is 14.2 Å². The van der Waals surface area contributed by atoms with Gasteiger partial charge in [-0.1, -0.05) is 18.2 Å². The van der Waals surface area contributed by atoms with Gasteiger partial charge < -0.3 is 18.9 Å². The molecular weight excluding hydrogens is 304 g/mol. The van der Waals surface area contributed by atoms with Crippen LogP contribution in [0.15, 0.2) is 72.8 Å². The van der Waals surface area contributed by atoms with Crippen LogP contribution in [0, 0.1) is 0 Å². The monoisotopic (exact) mass is 322 g/mol. The summed E-state index contributed by atoms with van der Waals surface area (Å²) < 4.78 is 22.1. The van der Waals surface area contributed by atoms with Gasteiger partial charge in [0.15, 0.2) is 0 Å². The van der Waals surface area contributed by atoms with Crippen LogP contribution >= 0.6 is 0 Å². The van der Waals surface area contributed by atoms with Crippen molar-refractivity contribution in [3.05, 3.63) is 72.8 Å². The van der Waals surface area contributed by atoms with Gasteiger partial charge in [-0.2, -0.15) is 0 Å². The van der Waals surface area contributed by atoms with Crippen molar-refractivity contribution in [1.82, 2.24) is 0 Å². The van der Waals surface area contributed by atoms with Crippen molar-refractivity contribution >= 4 is 0 Å². The summed E-state index contributed by atoms with van der Waals surface area (Å²) in [6.45, 7) is 0. The van der Waals surface area contributed by atoms with Crippen LogP contribution in [0.1, 0.15) is 0 Å². The lowest BCUT2D eigenvalue weighted by molar-refractivity contribution is 0.407. The van der Waals surface area contributed by atoms with E-state index < -0.39 is 0 Å². The molecule has 0 radical (unpaired) electrons. The molecule has 3 aromatic carbocycles. The van der Waals surface area contributed by atoms with Crippen LogP contribution < -0.4 is 18.9 Å². The zero-order valence-electron chi connectivity index (χ0n) is 13.6. The first-order valence-corrected chi connectivity index (χ1v) is 7.51. The molecule has 0 aromatic heterocycles. The lowest BCUT2D eigenvalue weighted by Crippen LogP contribution is -1.89. The summed E-state index contributed by atoms with van der Waals surface area (Å²) in [6.07, 6.45) is 0. The number of hydrogen-bond acceptors (Lipinski definition) is 4. The summed E-state index contributed by atoms with van der Waals surface area (Å²) in [4.78, 5) is 0. The summed E-state index contributed by atoms with van der Waals surface area (Å²) in [5.74, 6) is 4.26. The van der Waals surface area contributed by atoms with E-state index in [4.69, 9.17) is 18.9 Å². The third-order valence-corrected chi connectivity index (χ3v) is 3.36. The molecule has 122 valence electrons. The lowest BCUT2D eigenvalue weighted by atomic mass is 10.3. The molecule has 4 heteroatoms. The molecule has 0 aliphatic carbocycles. The third kappa shape index (κ3) is 3.98. The number of hydrogen-bond donors (Lipinski definition) is 0. The van der Waals surface area contributed by atoms with E-state index >= 15 is 0 Å². The number of rotatable bonds is 6. The highest BCUT2D eigenvalue weighted by Gasteiger charge is 2.03. The second-order valence-electron chi connectivity index (χ2n) is 5.04. The predicted molar refractivity (Wildman–Crippen MR) is 92.6 cm³/mol. The molecule has 0 atom stereocenters. The smallest absolute Gasteiger partial charge is 0.131 e. The zero-order chi connectivity index (χ0) is 16.8. The van der Waals surface area contributed by atoms with Gasteiger partial charge in [-0.3, -0.25) is 0 Å². The van der Waals surface area contributed by atoms with Crippen molar-refractivity contribution < 1.29 is 18.9 Å². The molecule has 0 amide bonds. The molecule has 0 spiro atoms. The standard InChI is InChI=1S/C20H18O4/c1-21-15-6-3-8-17(12-15)23-19-10-5-11-20(14-19)24-18-9-4-7-16(13-18)22-2/h3-14H,1-2H3. The number of ether oxygens (including phenoxy) is 4. The Morgan fingerprint density at radius 3 is 1.08 bits per heavy atom. The maximum atomic E-state index is 5.86. The molecule has 3 rings (SSSR count). The van der Waals surface area contributed by atoms with Gasteiger partial charge in [0.1, 0.15) is 34.5 Å². The molecule has 0 unspecified atom stereocenters. The van der Waals surface area contributed by atoms with Crippen LogP contribution in [0.5, 0.6) is 34.5 Å². The first-order chi connectivity index (χ1) is 11.8. The Morgan fingerprint density at radius 2 is 0.750 bits per heavy atom. The van der Waals surface area contributed by atoms with Crippen molar-refractivity contribution in [2.45, 2.75) is 0 Å². The molecule has 0 N–H and O–H groups in total. The van der Waals surface area contributed by atoms with Crippen molar-refractivity contribution in [1.29, 1.82) is 0 Å². The van der Waals surface area contributed by atoms with Crippen molar-refractivity contribution in [3.63, 3.8) is 0 Å². The van der Waals surface area contributed by atoms with E-state index in [1.165, 1.54) is 0 Å². The van der Waals surface area contributed by atoms with E-state index in [0.717, 1.165) is 11.5 Å². The molecule has 0 aliphatic rings. The minimum absolute atomic E-state index is 0.684. The van der Waals surface area contributed by atoms with Gasteiger partial charge in [0.25, 0.3) is 0 Å². The van der Waals surface area contributed by atoms with Crippen LogP contribution in [0.4, 0.5) is 0 Å². The van der Waals surface area contributed by atoms with E-state index in [-0.39, 0.29) is 0 Å². The Morgan fingerprint density at radius 1 is 0.458 bits per heavy atom. The topological polar surface area (TPSA) is 36.9 Å². The van der Waals surface area contributed by atoms with E-state index in [0.29, 0.717) is 23.0 Å². The predicted octanol–water partition coefficient (Wildman–Crippen LogP) is 5.29. The van der Waals surface area contributed by atoms with E-state index in [1.54, 1.807) is 14.2 Å². The van der Waals surface area contributed by atoms with Crippen LogP contribution in [0.2, 0.25) is 0 Å². The summed E-state index contributed by atoms with van der Waals surface area (Å²) in [6, 6.07) is 22.4. The van der Waals surface area contributed by atoms with Crippen molar-refractivity contribution in [3.8, 4) is 34.5 Å². The fourth-order valence-electron chi connectivity index (χ4n) is 2.20. The van der Waals surface area contributed by atoms with Gasteiger partial charge in [0, 0.05) is 18.2 Å². The highest BCUT2D eigenvalue weighted by atomic mass is 16.5. The highest BCUT2D eigenvalue weighted by molar-refractivity contribution is 5.42. The third-order valence-electron chi connectivity index (χ3n) is 3.36. The number of methoxy groups -OCH3 is 2. The van der Waals surface area contributed by atoms with Gasteiger partial charge in [0.05, 0.1) is 14.2 Å². The minimum atomic E-state index is 0.684. The van der Waals surface area contributed by atoms with Crippen molar-refractivity contribution in [2.75, 3.05) is 14.2 Å². The van der Waals surface area contributed by atoms with Crippen LogP contribution in [-0.2, 0) is 0 Å². The SMILES string of the molecule is COc1cccc(Oc2cccc(Oc3cccc(OC)c3)c2)c1. The number of benzene rings is 3. The summed E-state index contributed by atoms with van der Waals surface area (Å²) in [7, 11) is 3.25. The Kier molecular flexibility index (Phi) is 4.87. The van der Waals surface area contributed by atoms with Gasteiger partial charge in [-0.15, -0.1) is 0 Å². The second-order valence-corrected chi connectivity index (χ2v) is 5.04. The Labute approximate surface area is 141 Å². The molecule has 0 fully saturated rings. The molecule has 24 heavy (non-hydrogen) atoms. The lowest BCUT2D eigenvalue weighted by Gasteiger charge is -2.10. The Hall–Kier alpha value is -3.14. The molecule has 3 aromatic rings. The van der Waals surface area contributed by atoms with Gasteiger partial charge >= 0.3 is 0 Å². The summed E-state index contributed by atoms with van der Waals surface area (Å²) in [5.41, 5.74) is 0. The first-order valence-electron chi connectivity index (χ1n) is 7.51. The fraction of sp³-hybridized carbons (Fsp3) is 0.100. The summed E-state index contributed by atoms with van der Waals surface area (Å²) >= 11 is 0. The quantitative estimate of drug-likeness (QED) is 0.618. The van der Waals surface area contributed by atoms with Gasteiger partial charge in [0.2, 0.25) is 0 Å². The largest absolute Gasteiger partial charge is 0.497 e. The Balaban J connectivity index is 1.76. The van der Waals surface area contributed by atoms with E-state index in [2.05, 4.69) is 0 Å². The zero-order valence-corrected chi connectivity index (χ0v) is 13.6. The first kappa shape index (κ1) is 15.7.